The van der Waals surface area contributed by atoms with Gasteiger partial charge in [0.1, 0.15) is 11.5 Å². The molecule has 8 nitrogen and oxygen atoms in total. The molecule has 5 aromatic rings. The summed E-state index contributed by atoms with van der Waals surface area (Å²) in [5.74, 6) is -2.78. The molecule has 5 aromatic carbocycles. The van der Waals surface area contributed by atoms with E-state index in [9.17, 15) is 4.79 Å². The lowest BCUT2D eigenvalue weighted by Gasteiger charge is -2.39. The van der Waals surface area contributed by atoms with Crippen LogP contribution in [0.2, 0.25) is 0 Å². The van der Waals surface area contributed by atoms with Crippen molar-refractivity contribution in [1.82, 2.24) is 0 Å². The molecule has 8 heteroatoms. The maximum absolute atomic E-state index is 16.1. The molecule has 0 radical (unpaired) electrons. The number of esters is 1. The third kappa shape index (κ3) is 4.74. The first-order valence-electron chi connectivity index (χ1n) is 17.6. The molecule has 2 bridgehead atoms. The second kappa shape index (κ2) is 12.7. The van der Waals surface area contributed by atoms with Crippen LogP contribution in [0.1, 0.15) is 46.5 Å². The fraction of sp³-hybridized carbons (Fsp3) is 0.200. The zero-order valence-electron chi connectivity index (χ0n) is 29.7. The Morgan fingerprint density at radius 1 is 0.604 bits per heavy atom. The number of nitrogens with zero attached hydrogens (tertiary/aromatic N) is 1. The lowest BCUT2D eigenvalue weighted by atomic mass is 9.59. The summed E-state index contributed by atoms with van der Waals surface area (Å²) in [6.45, 7) is 3.51. The number of amides is 2. The van der Waals surface area contributed by atoms with Gasteiger partial charge in [0.15, 0.2) is 5.78 Å². The molecule has 1 heterocycles. The van der Waals surface area contributed by atoms with Gasteiger partial charge in [0, 0.05) is 0 Å². The largest absolute Gasteiger partial charge is 0.497 e. The molecule has 0 spiro atoms. The number of fused-ring (bicyclic) bond motifs is 5. The maximum atomic E-state index is 16.1. The van der Waals surface area contributed by atoms with Crippen molar-refractivity contribution in [2.24, 2.45) is 11.8 Å². The molecular weight excluding hydrogens is 666 g/mol. The Morgan fingerprint density at radius 2 is 1.06 bits per heavy atom. The van der Waals surface area contributed by atoms with Gasteiger partial charge in [0.05, 0.1) is 54.2 Å². The molecule has 2 fully saturated rings. The second-order valence-corrected chi connectivity index (χ2v) is 13.9. The van der Waals surface area contributed by atoms with Crippen molar-refractivity contribution >= 4 is 40.4 Å². The van der Waals surface area contributed by atoms with Crippen LogP contribution >= 0.6 is 0 Å². The number of hydrogen-bond donors (Lipinski definition) is 0. The van der Waals surface area contributed by atoms with Crippen LogP contribution in [-0.4, -0.2) is 43.9 Å². The maximum Gasteiger partial charge on any atom is 0.338 e. The van der Waals surface area contributed by atoms with Crippen molar-refractivity contribution < 1.29 is 33.4 Å². The molecule has 1 aliphatic heterocycles. The minimum Gasteiger partial charge on any atom is -0.497 e. The minimum absolute atomic E-state index is 0.208. The first kappa shape index (κ1) is 33.8. The van der Waals surface area contributed by atoms with Crippen LogP contribution in [0.4, 0.5) is 5.69 Å². The highest BCUT2D eigenvalue weighted by atomic mass is 16.5. The number of imide groups is 1. The summed E-state index contributed by atoms with van der Waals surface area (Å²) in [6.07, 6.45) is -0.363. The normalized spacial score (nSPS) is 23.1. The molecule has 2 aliphatic carbocycles. The number of ether oxygens (including phenoxy) is 3. The Labute approximate surface area is 307 Å². The van der Waals surface area contributed by atoms with Crippen LogP contribution in [0.5, 0.6) is 11.5 Å². The van der Waals surface area contributed by atoms with E-state index in [1.54, 1.807) is 46.3 Å². The average molecular weight is 704 g/mol. The van der Waals surface area contributed by atoms with E-state index in [-0.39, 0.29) is 23.1 Å². The average Bonchev–Trinajstić information content (AvgIpc) is 3.70. The molecule has 1 saturated carbocycles. The molecule has 264 valence electrons. The zero-order valence-corrected chi connectivity index (χ0v) is 29.7. The summed E-state index contributed by atoms with van der Waals surface area (Å²) < 4.78 is 16.5. The molecule has 3 aliphatic rings. The molecule has 0 aromatic heterocycles. The molecule has 2 amide bonds. The van der Waals surface area contributed by atoms with Crippen molar-refractivity contribution in [3.63, 3.8) is 0 Å². The van der Waals surface area contributed by atoms with E-state index in [1.807, 2.05) is 109 Å². The molecule has 1 saturated heterocycles. The Balaban J connectivity index is 1.47. The standard InChI is InChI=1S/C45H37NO7/c1-27(2)53-42(49)30-12-11-17-33(26-30)46-40(47)38-39(41(46)48)45(32-15-9-6-10-16-32)37(29-20-24-35(52-4)25-21-29)36(28-18-22-34(51-3)23-19-28)44(38,43(45)50)31-13-7-5-8-14-31/h5-27,38-39H,1-4H3/t38-,39-,44+,45+/m0/s1. The third-order valence-electron chi connectivity index (χ3n) is 10.9. The van der Waals surface area contributed by atoms with Gasteiger partial charge in [-0.2, -0.15) is 0 Å². The minimum atomic E-state index is -1.58. The van der Waals surface area contributed by atoms with Crippen molar-refractivity contribution in [2.45, 2.75) is 30.8 Å². The lowest BCUT2D eigenvalue weighted by molar-refractivity contribution is -0.130. The number of allylic oxidation sites excluding steroid dienone is 2. The topological polar surface area (TPSA) is 99.2 Å². The summed E-state index contributed by atoms with van der Waals surface area (Å²) in [5.41, 5.74) is 1.27. The number of carbonyl (C=O) groups is 4. The number of methoxy groups -OCH3 is 2. The fourth-order valence-electron chi connectivity index (χ4n) is 8.95. The van der Waals surface area contributed by atoms with E-state index >= 15 is 14.4 Å². The summed E-state index contributed by atoms with van der Waals surface area (Å²) in [4.78, 5) is 61.0. The summed E-state index contributed by atoms with van der Waals surface area (Å²) >= 11 is 0. The lowest BCUT2D eigenvalue weighted by Crippen LogP contribution is -2.45. The smallest absolute Gasteiger partial charge is 0.338 e. The Bertz CT molecular complexity index is 2170. The predicted octanol–water partition coefficient (Wildman–Crippen LogP) is 7.46. The van der Waals surface area contributed by atoms with E-state index < -0.39 is 40.4 Å². The Hall–Kier alpha value is -6.28. The summed E-state index contributed by atoms with van der Waals surface area (Å²) in [5, 5.41) is 0. The summed E-state index contributed by atoms with van der Waals surface area (Å²) in [7, 11) is 3.18. The van der Waals surface area contributed by atoms with E-state index in [1.165, 1.54) is 11.0 Å². The number of benzene rings is 5. The SMILES string of the molecule is COc1ccc(C2=C(c3ccc(OC)cc3)[C@@]3(c4ccccc4)C(=O)[C@@]2(c2ccccc2)[C@@H]2C(=O)N(c4cccc(C(=O)OC(C)C)c4)C(=O)[C@H]23)cc1. The molecule has 4 atom stereocenters. The van der Waals surface area contributed by atoms with Crippen LogP contribution in [0, 0.1) is 11.8 Å². The number of ketones is 1. The van der Waals surface area contributed by atoms with Crippen molar-refractivity contribution in [1.29, 1.82) is 0 Å². The van der Waals surface area contributed by atoms with E-state index in [2.05, 4.69) is 0 Å². The van der Waals surface area contributed by atoms with Gasteiger partial charge >= 0.3 is 5.97 Å². The molecule has 0 unspecified atom stereocenters. The quantitative estimate of drug-likeness (QED) is 0.116. The number of Topliss-reactive ketones (excluding diaryl/α,β-unsaturated/α-hetero) is 1. The van der Waals surface area contributed by atoms with Crippen LogP contribution in [0.25, 0.3) is 11.1 Å². The van der Waals surface area contributed by atoms with Gasteiger partial charge in [-0.1, -0.05) is 91.0 Å². The van der Waals surface area contributed by atoms with Crippen molar-refractivity contribution in [2.75, 3.05) is 19.1 Å². The molecule has 8 rings (SSSR count). The molecule has 53 heavy (non-hydrogen) atoms. The first-order chi connectivity index (χ1) is 25.7. The van der Waals surface area contributed by atoms with Gasteiger partial charge in [-0.25, -0.2) is 9.69 Å². The monoisotopic (exact) mass is 703 g/mol. The van der Waals surface area contributed by atoms with Gasteiger partial charge in [-0.05, 0) is 89.7 Å². The fourth-order valence-corrected chi connectivity index (χ4v) is 8.95. The van der Waals surface area contributed by atoms with Crippen LogP contribution in [-0.2, 0) is 30.0 Å². The van der Waals surface area contributed by atoms with Crippen LogP contribution in [0.15, 0.2) is 133 Å². The van der Waals surface area contributed by atoms with Gasteiger partial charge < -0.3 is 14.2 Å². The van der Waals surface area contributed by atoms with Crippen LogP contribution < -0.4 is 14.4 Å². The van der Waals surface area contributed by atoms with E-state index in [0.717, 1.165) is 11.1 Å². The predicted molar refractivity (Wildman–Crippen MR) is 201 cm³/mol. The number of anilines is 1. The number of carbonyl (C=O) groups excluding carboxylic acids is 4. The van der Waals surface area contributed by atoms with E-state index in [0.29, 0.717) is 33.8 Å². The molecule has 0 N–H and O–H groups in total. The first-order valence-corrected chi connectivity index (χ1v) is 17.6. The van der Waals surface area contributed by atoms with Crippen molar-refractivity contribution in [3.05, 3.63) is 161 Å². The highest BCUT2D eigenvalue weighted by Gasteiger charge is 2.82. The third-order valence-corrected chi connectivity index (χ3v) is 10.9. The Morgan fingerprint density at radius 3 is 1.47 bits per heavy atom. The summed E-state index contributed by atoms with van der Waals surface area (Å²) in [6, 6.07) is 40.0. The van der Waals surface area contributed by atoms with Crippen LogP contribution in [0.3, 0.4) is 0 Å². The number of rotatable bonds is 9. The van der Waals surface area contributed by atoms with Gasteiger partial charge in [-0.15, -0.1) is 0 Å². The van der Waals surface area contributed by atoms with Crippen molar-refractivity contribution in [3.8, 4) is 11.5 Å². The number of hydrogen-bond acceptors (Lipinski definition) is 7. The highest BCUT2D eigenvalue weighted by molar-refractivity contribution is 6.39. The zero-order chi connectivity index (χ0) is 37.1. The van der Waals surface area contributed by atoms with Gasteiger partial charge in [-0.3, -0.25) is 14.4 Å². The Kier molecular flexibility index (Phi) is 8.13. The van der Waals surface area contributed by atoms with Gasteiger partial charge in [0.25, 0.3) is 0 Å². The molecular formula is C45H37NO7. The van der Waals surface area contributed by atoms with Gasteiger partial charge in [0.2, 0.25) is 11.8 Å². The second-order valence-electron chi connectivity index (χ2n) is 13.9. The highest BCUT2D eigenvalue weighted by Crippen LogP contribution is 2.74. The van der Waals surface area contributed by atoms with E-state index in [4.69, 9.17) is 14.2 Å².